The second-order valence-electron chi connectivity index (χ2n) is 5.00. The summed E-state index contributed by atoms with van der Waals surface area (Å²) in [7, 11) is 0. The van der Waals surface area contributed by atoms with Crippen molar-refractivity contribution in [3.05, 3.63) is 71.8 Å². The molecule has 102 valence electrons. The maximum atomic E-state index is 12.1. The van der Waals surface area contributed by atoms with Gasteiger partial charge in [-0.25, -0.2) is 4.79 Å². The molecule has 1 fully saturated rings. The lowest BCUT2D eigenvalue weighted by Gasteiger charge is -2.28. The number of carbonyl (C=O) groups is 1. The minimum Gasteiger partial charge on any atom is -0.447 e. The van der Waals surface area contributed by atoms with Crippen LogP contribution in [0.4, 0.5) is 4.79 Å². The standard InChI is InChI=1S/C17H17NO2/c1-13(14-8-4-2-5-9-14)18-16(12-20-17(18)19)15-10-6-3-7-11-15/h2-11,13,16H,12H2,1H3/t13-,16+/m0/s1. The zero-order valence-electron chi connectivity index (χ0n) is 11.4. The lowest BCUT2D eigenvalue weighted by atomic mass is 10.0. The molecule has 2 aromatic rings. The molecule has 0 aromatic heterocycles. The fourth-order valence-electron chi connectivity index (χ4n) is 2.68. The van der Waals surface area contributed by atoms with Crippen molar-refractivity contribution in [3.8, 4) is 0 Å². The van der Waals surface area contributed by atoms with Crippen LogP contribution in [0.1, 0.15) is 30.1 Å². The van der Waals surface area contributed by atoms with Gasteiger partial charge in [0.15, 0.2) is 0 Å². The van der Waals surface area contributed by atoms with E-state index in [4.69, 9.17) is 4.74 Å². The van der Waals surface area contributed by atoms with E-state index in [1.54, 1.807) is 0 Å². The van der Waals surface area contributed by atoms with Gasteiger partial charge < -0.3 is 4.74 Å². The largest absolute Gasteiger partial charge is 0.447 e. The van der Waals surface area contributed by atoms with E-state index in [0.717, 1.165) is 11.1 Å². The molecule has 3 heteroatoms. The number of hydrogen-bond acceptors (Lipinski definition) is 2. The third-order valence-corrected chi connectivity index (χ3v) is 3.79. The molecule has 0 bridgehead atoms. The molecule has 2 aromatic carbocycles. The zero-order valence-corrected chi connectivity index (χ0v) is 11.4. The number of hydrogen-bond donors (Lipinski definition) is 0. The predicted molar refractivity (Wildman–Crippen MR) is 77.2 cm³/mol. The van der Waals surface area contributed by atoms with Crippen LogP contribution in [-0.4, -0.2) is 17.6 Å². The first-order valence-electron chi connectivity index (χ1n) is 6.82. The maximum absolute atomic E-state index is 12.1. The van der Waals surface area contributed by atoms with Crippen molar-refractivity contribution in [2.24, 2.45) is 0 Å². The number of rotatable bonds is 3. The van der Waals surface area contributed by atoms with Crippen molar-refractivity contribution in [1.29, 1.82) is 0 Å². The summed E-state index contributed by atoms with van der Waals surface area (Å²) in [5.41, 5.74) is 2.23. The quantitative estimate of drug-likeness (QED) is 0.843. The number of nitrogens with zero attached hydrogens (tertiary/aromatic N) is 1. The topological polar surface area (TPSA) is 29.5 Å². The Labute approximate surface area is 118 Å². The highest BCUT2D eigenvalue weighted by Crippen LogP contribution is 2.35. The van der Waals surface area contributed by atoms with E-state index in [0.29, 0.717) is 6.61 Å². The van der Waals surface area contributed by atoms with Crippen molar-refractivity contribution in [2.45, 2.75) is 19.0 Å². The van der Waals surface area contributed by atoms with Gasteiger partial charge in [-0.05, 0) is 18.1 Å². The van der Waals surface area contributed by atoms with Crippen LogP contribution in [-0.2, 0) is 4.74 Å². The van der Waals surface area contributed by atoms with Crippen LogP contribution in [0.25, 0.3) is 0 Å². The highest BCUT2D eigenvalue weighted by Gasteiger charge is 2.37. The lowest BCUT2D eigenvalue weighted by Crippen LogP contribution is -2.30. The van der Waals surface area contributed by atoms with Crippen LogP contribution < -0.4 is 0 Å². The normalized spacial score (nSPS) is 19.8. The number of ether oxygens (including phenoxy) is 1. The Bertz CT molecular complexity index is 582. The molecule has 0 aliphatic carbocycles. The van der Waals surface area contributed by atoms with Crippen molar-refractivity contribution < 1.29 is 9.53 Å². The van der Waals surface area contributed by atoms with E-state index >= 15 is 0 Å². The monoisotopic (exact) mass is 267 g/mol. The minimum atomic E-state index is -0.241. The molecule has 0 radical (unpaired) electrons. The van der Waals surface area contributed by atoms with Gasteiger partial charge >= 0.3 is 6.09 Å². The summed E-state index contributed by atoms with van der Waals surface area (Å²) in [6.07, 6.45) is -0.241. The van der Waals surface area contributed by atoms with Gasteiger partial charge in [0.05, 0.1) is 12.1 Å². The molecule has 0 saturated carbocycles. The molecular weight excluding hydrogens is 250 g/mol. The number of amides is 1. The molecule has 0 N–H and O–H groups in total. The van der Waals surface area contributed by atoms with Crippen molar-refractivity contribution in [3.63, 3.8) is 0 Å². The first kappa shape index (κ1) is 12.7. The smallest absolute Gasteiger partial charge is 0.410 e. The molecule has 3 rings (SSSR count). The van der Waals surface area contributed by atoms with Gasteiger partial charge in [-0.3, -0.25) is 4.90 Å². The van der Waals surface area contributed by atoms with Crippen LogP contribution in [0, 0.1) is 0 Å². The Morgan fingerprint density at radius 1 is 1.05 bits per heavy atom. The Morgan fingerprint density at radius 3 is 2.30 bits per heavy atom. The van der Waals surface area contributed by atoms with Gasteiger partial charge in [0.25, 0.3) is 0 Å². The molecule has 1 aliphatic heterocycles. The third-order valence-electron chi connectivity index (χ3n) is 3.79. The van der Waals surface area contributed by atoms with E-state index in [1.807, 2.05) is 72.5 Å². The average molecular weight is 267 g/mol. The van der Waals surface area contributed by atoms with Crippen LogP contribution in [0.3, 0.4) is 0 Å². The summed E-state index contributed by atoms with van der Waals surface area (Å²) in [4.78, 5) is 13.9. The molecule has 1 aliphatic rings. The summed E-state index contributed by atoms with van der Waals surface area (Å²) in [6.45, 7) is 2.46. The molecule has 0 unspecified atom stereocenters. The first-order valence-corrected chi connectivity index (χ1v) is 6.82. The van der Waals surface area contributed by atoms with Gasteiger partial charge in [0.1, 0.15) is 6.61 Å². The molecule has 20 heavy (non-hydrogen) atoms. The van der Waals surface area contributed by atoms with E-state index in [1.165, 1.54) is 0 Å². The van der Waals surface area contributed by atoms with E-state index in [-0.39, 0.29) is 18.2 Å². The van der Waals surface area contributed by atoms with E-state index in [2.05, 4.69) is 0 Å². The minimum absolute atomic E-state index is 0.00333. The second kappa shape index (κ2) is 5.37. The SMILES string of the molecule is C[C@@H](c1ccccc1)N1C(=O)OC[C@@H]1c1ccccc1. The zero-order chi connectivity index (χ0) is 13.9. The molecular formula is C17H17NO2. The average Bonchev–Trinajstić information content (AvgIpc) is 2.90. The fraction of sp³-hybridized carbons (Fsp3) is 0.235. The van der Waals surface area contributed by atoms with Gasteiger partial charge in [0, 0.05) is 0 Å². The van der Waals surface area contributed by atoms with Crippen LogP contribution >= 0.6 is 0 Å². The summed E-state index contributed by atoms with van der Waals surface area (Å²) >= 11 is 0. The molecule has 2 atom stereocenters. The summed E-state index contributed by atoms with van der Waals surface area (Å²) in [5, 5.41) is 0. The van der Waals surface area contributed by atoms with Crippen molar-refractivity contribution >= 4 is 6.09 Å². The summed E-state index contributed by atoms with van der Waals surface area (Å²) in [6, 6.07) is 20.1. The van der Waals surface area contributed by atoms with Crippen molar-refractivity contribution in [2.75, 3.05) is 6.61 Å². The predicted octanol–water partition coefficient (Wildman–Crippen LogP) is 3.94. The van der Waals surface area contributed by atoms with Gasteiger partial charge in [-0.15, -0.1) is 0 Å². The van der Waals surface area contributed by atoms with E-state index < -0.39 is 0 Å². The number of cyclic esters (lactones) is 1. The van der Waals surface area contributed by atoms with Crippen LogP contribution in [0.2, 0.25) is 0 Å². The molecule has 0 spiro atoms. The highest BCUT2D eigenvalue weighted by atomic mass is 16.6. The Balaban J connectivity index is 1.91. The Morgan fingerprint density at radius 2 is 1.65 bits per heavy atom. The summed E-state index contributed by atoms with van der Waals surface area (Å²) < 4.78 is 5.26. The number of benzene rings is 2. The van der Waals surface area contributed by atoms with Gasteiger partial charge in [-0.1, -0.05) is 60.7 Å². The fourth-order valence-corrected chi connectivity index (χ4v) is 2.68. The molecule has 1 heterocycles. The third kappa shape index (κ3) is 2.27. The lowest BCUT2D eigenvalue weighted by molar-refractivity contribution is 0.147. The molecule has 1 amide bonds. The first-order chi connectivity index (χ1) is 9.77. The van der Waals surface area contributed by atoms with Crippen LogP contribution in [0.5, 0.6) is 0 Å². The summed E-state index contributed by atoms with van der Waals surface area (Å²) in [5.74, 6) is 0. The highest BCUT2D eigenvalue weighted by molar-refractivity contribution is 5.71. The van der Waals surface area contributed by atoms with E-state index in [9.17, 15) is 4.79 Å². The van der Waals surface area contributed by atoms with Crippen molar-refractivity contribution in [1.82, 2.24) is 4.90 Å². The van der Waals surface area contributed by atoms with Crippen LogP contribution in [0.15, 0.2) is 60.7 Å². The maximum Gasteiger partial charge on any atom is 0.410 e. The van der Waals surface area contributed by atoms with Gasteiger partial charge in [-0.2, -0.15) is 0 Å². The molecule has 3 nitrogen and oxygen atoms in total. The Kier molecular flexibility index (Phi) is 3.42. The number of carbonyl (C=O) groups excluding carboxylic acids is 1. The molecule has 1 saturated heterocycles. The van der Waals surface area contributed by atoms with Gasteiger partial charge in [0.2, 0.25) is 0 Å². The second-order valence-corrected chi connectivity index (χ2v) is 5.00. The Hall–Kier alpha value is -2.29.